The Morgan fingerprint density at radius 1 is 1.07 bits per heavy atom. The van der Waals surface area contributed by atoms with E-state index in [2.05, 4.69) is 60.6 Å². The number of rotatable bonds is 10. The fraction of sp³-hybridized carbons (Fsp3) is 0.682. The number of nitrogens with one attached hydrogen (secondary N) is 2. The minimum absolute atomic E-state index is 0.296. The summed E-state index contributed by atoms with van der Waals surface area (Å²) in [4.78, 5) is 7.27. The van der Waals surface area contributed by atoms with E-state index >= 15 is 0 Å². The largest absolute Gasteiger partial charge is 0.379 e. The number of piperidine rings is 1. The first kappa shape index (κ1) is 21.7. The van der Waals surface area contributed by atoms with Gasteiger partial charge in [0.15, 0.2) is 5.96 Å². The van der Waals surface area contributed by atoms with Crippen molar-refractivity contribution in [3.63, 3.8) is 0 Å². The molecule has 1 fully saturated rings. The van der Waals surface area contributed by atoms with Crippen LogP contribution in [0.1, 0.15) is 57.6 Å². The number of likely N-dealkylation sites (tertiary alicyclic amines) is 1. The van der Waals surface area contributed by atoms with Crippen molar-refractivity contribution >= 4 is 5.96 Å². The van der Waals surface area contributed by atoms with Crippen LogP contribution in [0.5, 0.6) is 0 Å². The lowest BCUT2D eigenvalue weighted by molar-refractivity contribution is 0.0776. The molecule has 1 aromatic rings. The van der Waals surface area contributed by atoms with Gasteiger partial charge in [-0.05, 0) is 64.3 Å². The van der Waals surface area contributed by atoms with Crippen molar-refractivity contribution in [2.75, 3.05) is 32.8 Å². The van der Waals surface area contributed by atoms with Crippen molar-refractivity contribution in [3.05, 3.63) is 35.4 Å². The van der Waals surface area contributed by atoms with E-state index in [9.17, 15) is 0 Å². The van der Waals surface area contributed by atoms with E-state index in [-0.39, 0.29) is 0 Å². The van der Waals surface area contributed by atoms with E-state index in [1.54, 1.807) is 0 Å². The van der Waals surface area contributed by atoms with Crippen molar-refractivity contribution in [2.24, 2.45) is 4.99 Å². The van der Waals surface area contributed by atoms with E-state index in [1.807, 2.05) is 0 Å². The third kappa shape index (κ3) is 9.25. The second-order valence-electron chi connectivity index (χ2n) is 7.55. The summed E-state index contributed by atoms with van der Waals surface area (Å²) in [5.41, 5.74) is 2.65. The molecule has 0 bridgehead atoms. The number of nitrogens with zero attached hydrogens (tertiary/aromatic N) is 2. The zero-order valence-corrected chi connectivity index (χ0v) is 17.5. The molecule has 27 heavy (non-hydrogen) atoms. The maximum absolute atomic E-state index is 5.57. The first-order valence-corrected chi connectivity index (χ1v) is 10.6. The molecular weight excluding hydrogens is 336 g/mol. The Balaban J connectivity index is 1.76. The minimum Gasteiger partial charge on any atom is -0.379 e. The highest BCUT2D eigenvalue weighted by molar-refractivity contribution is 5.79. The van der Waals surface area contributed by atoms with Gasteiger partial charge in [0, 0.05) is 26.2 Å². The average molecular weight is 375 g/mol. The lowest BCUT2D eigenvalue weighted by Crippen LogP contribution is -2.38. The zero-order chi connectivity index (χ0) is 19.3. The highest BCUT2D eigenvalue weighted by atomic mass is 16.5. The summed E-state index contributed by atoms with van der Waals surface area (Å²) >= 11 is 0. The SMILES string of the molecule is CCNC(=NCc1ccc(CN2CCCCC2)cc1)NCCCOC(C)C. The second-order valence-corrected chi connectivity index (χ2v) is 7.55. The summed E-state index contributed by atoms with van der Waals surface area (Å²) in [5.74, 6) is 0.874. The molecule has 0 aliphatic carbocycles. The molecule has 2 N–H and O–H groups in total. The van der Waals surface area contributed by atoms with Crippen LogP contribution in [-0.4, -0.2) is 49.7 Å². The molecule has 0 atom stereocenters. The zero-order valence-electron chi connectivity index (χ0n) is 17.5. The minimum atomic E-state index is 0.296. The van der Waals surface area contributed by atoms with Gasteiger partial charge in [-0.2, -0.15) is 0 Å². The number of hydrogen-bond acceptors (Lipinski definition) is 3. The number of benzene rings is 1. The van der Waals surface area contributed by atoms with Crippen LogP contribution in [0.25, 0.3) is 0 Å². The molecule has 1 aliphatic rings. The number of hydrogen-bond donors (Lipinski definition) is 2. The van der Waals surface area contributed by atoms with Crippen molar-refractivity contribution in [3.8, 4) is 0 Å². The monoisotopic (exact) mass is 374 g/mol. The van der Waals surface area contributed by atoms with Crippen LogP contribution < -0.4 is 10.6 Å². The molecule has 1 aliphatic heterocycles. The molecule has 0 aromatic heterocycles. The maximum atomic E-state index is 5.57. The fourth-order valence-electron chi connectivity index (χ4n) is 3.24. The van der Waals surface area contributed by atoms with Crippen LogP contribution in [0.15, 0.2) is 29.3 Å². The van der Waals surface area contributed by atoms with Crippen LogP contribution >= 0.6 is 0 Å². The van der Waals surface area contributed by atoms with Gasteiger partial charge in [-0.25, -0.2) is 4.99 Å². The Morgan fingerprint density at radius 2 is 1.78 bits per heavy atom. The summed E-state index contributed by atoms with van der Waals surface area (Å²) in [6.45, 7) is 13.0. The summed E-state index contributed by atoms with van der Waals surface area (Å²) in [6, 6.07) is 8.93. The number of aliphatic imine (C=N–C) groups is 1. The summed E-state index contributed by atoms with van der Waals surface area (Å²) in [5, 5.41) is 6.69. The van der Waals surface area contributed by atoms with Crippen LogP contribution in [-0.2, 0) is 17.8 Å². The Morgan fingerprint density at radius 3 is 2.44 bits per heavy atom. The van der Waals surface area contributed by atoms with Crippen LogP contribution in [0.4, 0.5) is 0 Å². The molecule has 0 unspecified atom stereocenters. The standard InChI is InChI=1S/C22H38N4O/c1-4-23-22(24-13-8-16-27-19(2)3)25-17-20-9-11-21(12-10-20)18-26-14-6-5-7-15-26/h9-12,19H,4-8,13-18H2,1-3H3,(H2,23,24,25). The molecule has 1 heterocycles. The lowest BCUT2D eigenvalue weighted by Gasteiger charge is -2.26. The first-order valence-electron chi connectivity index (χ1n) is 10.6. The van der Waals surface area contributed by atoms with Gasteiger partial charge in [0.1, 0.15) is 0 Å². The Hall–Kier alpha value is -1.59. The van der Waals surface area contributed by atoms with E-state index < -0.39 is 0 Å². The van der Waals surface area contributed by atoms with Gasteiger partial charge in [0.2, 0.25) is 0 Å². The Kier molecular flexibility index (Phi) is 10.2. The van der Waals surface area contributed by atoms with Crippen molar-refractivity contribution in [1.29, 1.82) is 0 Å². The van der Waals surface area contributed by atoms with E-state index in [0.717, 1.165) is 38.6 Å². The van der Waals surface area contributed by atoms with Gasteiger partial charge >= 0.3 is 0 Å². The van der Waals surface area contributed by atoms with Crippen molar-refractivity contribution < 1.29 is 4.74 Å². The molecule has 0 saturated carbocycles. The van der Waals surface area contributed by atoms with Crippen molar-refractivity contribution in [2.45, 2.75) is 65.6 Å². The van der Waals surface area contributed by atoms with Gasteiger partial charge in [0.05, 0.1) is 12.6 Å². The molecule has 2 rings (SSSR count). The van der Waals surface area contributed by atoms with Crippen LogP contribution in [0.3, 0.4) is 0 Å². The third-order valence-electron chi connectivity index (χ3n) is 4.71. The predicted molar refractivity (Wildman–Crippen MR) is 114 cm³/mol. The average Bonchev–Trinajstić information content (AvgIpc) is 2.67. The molecular formula is C22H38N4O. The summed E-state index contributed by atoms with van der Waals surface area (Å²) < 4.78 is 5.57. The topological polar surface area (TPSA) is 48.9 Å². The molecule has 0 radical (unpaired) electrons. The molecule has 5 heteroatoms. The van der Waals surface area contributed by atoms with Crippen LogP contribution in [0, 0.1) is 0 Å². The predicted octanol–water partition coefficient (Wildman–Crippen LogP) is 3.54. The normalized spacial score (nSPS) is 15.9. The highest BCUT2D eigenvalue weighted by Gasteiger charge is 2.10. The highest BCUT2D eigenvalue weighted by Crippen LogP contribution is 2.14. The number of ether oxygens (including phenoxy) is 1. The molecule has 5 nitrogen and oxygen atoms in total. The molecule has 0 amide bonds. The van der Waals surface area contributed by atoms with E-state index in [0.29, 0.717) is 12.6 Å². The van der Waals surface area contributed by atoms with Gasteiger partial charge < -0.3 is 15.4 Å². The molecule has 1 saturated heterocycles. The van der Waals surface area contributed by atoms with E-state index in [4.69, 9.17) is 9.73 Å². The van der Waals surface area contributed by atoms with Crippen LogP contribution in [0.2, 0.25) is 0 Å². The van der Waals surface area contributed by atoms with Gasteiger partial charge in [0.25, 0.3) is 0 Å². The smallest absolute Gasteiger partial charge is 0.191 e. The van der Waals surface area contributed by atoms with Crippen molar-refractivity contribution in [1.82, 2.24) is 15.5 Å². The van der Waals surface area contributed by atoms with Gasteiger partial charge in [-0.1, -0.05) is 30.7 Å². The summed E-state index contributed by atoms with van der Waals surface area (Å²) in [7, 11) is 0. The molecule has 0 spiro atoms. The summed E-state index contributed by atoms with van der Waals surface area (Å²) in [6.07, 6.45) is 5.35. The van der Waals surface area contributed by atoms with Gasteiger partial charge in [-0.15, -0.1) is 0 Å². The first-order chi connectivity index (χ1) is 13.2. The quantitative estimate of drug-likeness (QED) is 0.374. The Labute approximate surface area is 165 Å². The Bertz CT molecular complexity index is 536. The van der Waals surface area contributed by atoms with E-state index in [1.165, 1.54) is 43.5 Å². The van der Waals surface area contributed by atoms with Gasteiger partial charge in [-0.3, -0.25) is 4.90 Å². The maximum Gasteiger partial charge on any atom is 0.191 e. The lowest BCUT2D eigenvalue weighted by atomic mass is 10.1. The molecule has 1 aromatic carbocycles. The molecule has 152 valence electrons. The fourth-order valence-corrected chi connectivity index (χ4v) is 3.24. The second kappa shape index (κ2) is 12.7. The number of guanidine groups is 1. The third-order valence-corrected chi connectivity index (χ3v) is 4.71.